The Balaban J connectivity index is 3.80. The molecular weight excluding hydrogens is 164 g/mol. The van der Waals surface area contributed by atoms with Gasteiger partial charge in [0.05, 0.1) is 12.7 Å². The third-order valence-electron chi connectivity index (χ3n) is 2.31. The summed E-state index contributed by atoms with van der Waals surface area (Å²) in [4.78, 5) is 2.30. The predicted molar refractivity (Wildman–Crippen MR) is 53.4 cm³/mol. The number of hydrogen-bond acceptors (Lipinski definition) is 3. The molecule has 0 bridgehead atoms. The van der Waals surface area contributed by atoms with Crippen LogP contribution in [0.5, 0.6) is 0 Å². The minimum absolute atomic E-state index is 0.545. The zero-order valence-electron chi connectivity index (χ0n) is 8.92. The molecule has 0 saturated carbocycles. The number of rotatable bonds is 7. The van der Waals surface area contributed by atoms with Gasteiger partial charge in [0, 0.05) is 32.7 Å². The highest BCUT2D eigenvalue weighted by molar-refractivity contribution is 4.74. The lowest BCUT2D eigenvalue weighted by Gasteiger charge is -2.26. The SMILES string of the molecule is CCC(C)N(CCC#N)CCOC. The average Bonchev–Trinajstić information content (AvgIpc) is 2.17. The summed E-state index contributed by atoms with van der Waals surface area (Å²) in [5.41, 5.74) is 0. The van der Waals surface area contributed by atoms with Crippen LogP contribution in [-0.4, -0.2) is 37.7 Å². The lowest BCUT2D eigenvalue weighted by molar-refractivity contribution is 0.125. The van der Waals surface area contributed by atoms with Crippen molar-refractivity contribution in [3.63, 3.8) is 0 Å². The molecule has 0 radical (unpaired) electrons. The third-order valence-corrected chi connectivity index (χ3v) is 2.31. The van der Waals surface area contributed by atoms with E-state index in [1.165, 1.54) is 0 Å². The zero-order chi connectivity index (χ0) is 10.1. The van der Waals surface area contributed by atoms with Crippen molar-refractivity contribution >= 4 is 0 Å². The maximum Gasteiger partial charge on any atom is 0.0635 e. The quantitative estimate of drug-likeness (QED) is 0.603. The van der Waals surface area contributed by atoms with Gasteiger partial charge in [-0.1, -0.05) is 6.92 Å². The molecule has 3 heteroatoms. The minimum Gasteiger partial charge on any atom is -0.383 e. The number of nitrogens with zero attached hydrogens (tertiary/aromatic N) is 2. The van der Waals surface area contributed by atoms with Crippen molar-refractivity contribution in [2.75, 3.05) is 26.8 Å². The molecule has 0 spiro atoms. The smallest absolute Gasteiger partial charge is 0.0635 e. The van der Waals surface area contributed by atoms with E-state index in [0.717, 1.165) is 26.1 Å². The van der Waals surface area contributed by atoms with Gasteiger partial charge in [-0.15, -0.1) is 0 Å². The van der Waals surface area contributed by atoms with Crippen LogP contribution < -0.4 is 0 Å². The number of nitriles is 1. The molecule has 76 valence electrons. The van der Waals surface area contributed by atoms with Gasteiger partial charge in [0.25, 0.3) is 0 Å². The van der Waals surface area contributed by atoms with Crippen LogP contribution in [0, 0.1) is 11.3 Å². The summed E-state index contributed by atoms with van der Waals surface area (Å²) in [6.07, 6.45) is 1.73. The molecule has 0 aliphatic rings. The highest BCUT2D eigenvalue weighted by Crippen LogP contribution is 2.03. The second-order valence-corrected chi connectivity index (χ2v) is 3.19. The summed E-state index contributed by atoms with van der Waals surface area (Å²) in [7, 11) is 1.71. The van der Waals surface area contributed by atoms with E-state index < -0.39 is 0 Å². The first kappa shape index (κ1) is 12.4. The van der Waals surface area contributed by atoms with Crippen LogP contribution in [0.25, 0.3) is 0 Å². The lowest BCUT2D eigenvalue weighted by Crippen LogP contribution is -2.36. The fourth-order valence-corrected chi connectivity index (χ4v) is 1.21. The summed E-state index contributed by atoms with van der Waals surface area (Å²) in [6.45, 7) is 6.88. The molecule has 0 aliphatic carbocycles. The van der Waals surface area contributed by atoms with E-state index in [-0.39, 0.29) is 0 Å². The second-order valence-electron chi connectivity index (χ2n) is 3.19. The molecule has 0 saturated heterocycles. The number of methoxy groups -OCH3 is 1. The Hall–Kier alpha value is -0.590. The molecule has 1 atom stereocenters. The van der Waals surface area contributed by atoms with E-state index in [2.05, 4.69) is 24.8 Å². The van der Waals surface area contributed by atoms with Crippen molar-refractivity contribution in [2.24, 2.45) is 0 Å². The summed E-state index contributed by atoms with van der Waals surface area (Å²) < 4.78 is 5.02. The van der Waals surface area contributed by atoms with Gasteiger partial charge in [0.2, 0.25) is 0 Å². The van der Waals surface area contributed by atoms with E-state index in [0.29, 0.717) is 12.5 Å². The van der Waals surface area contributed by atoms with Crippen molar-refractivity contribution in [1.29, 1.82) is 5.26 Å². The fraction of sp³-hybridized carbons (Fsp3) is 0.900. The normalized spacial score (nSPS) is 12.8. The molecule has 0 aromatic carbocycles. The van der Waals surface area contributed by atoms with Gasteiger partial charge in [-0.2, -0.15) is 5.26 Å². The molecule has 0 aromatic heterocycles. The molecule has 13 heavy (non-hydrogen) atoms. The van der Waals surface area contributed by atoms with Gasteiger partial charge in [-0.3, -0.25) is 4.90 Å². The van der Waals surface area contributed by atoms with Crippen molar-refractivity contribution in [1.82, 2.24) is 4.90 Å². The van der Waals surface area contributed by atoms with E-state index >= 15 is 0 Å². The van der Waals surface area contributed by atoms with E-state index in [4.69, 9.17) is 10.00 Å². The molecule has 0 rings (SSSR count). The van der Waals surface area contributed by atoms with Gasteiger partial charge in [-0.25, -0.2) is 0 Å². The van der Waals surface area contributed by atoms with Gasteiger partial charge in [-0.05, 0) is 13.3 Å². The first-order chi connectivity index (χ1) is 6.26. The Labute approximate surface area is 81.3 Å². The minimum atomic E-state index is 0.545. The first-order valence-corrected chi connectivity index (χ1v) is 4.86. The average molecular weight is 184 g/mol. The Morgan fingerprint density at radius 3 is 2.62 bits per heavy atom. The fourth-order valence-electron chi connectivity index (χ4n) is 1.21. The van der Waals surface area contributed by atoms with Crippen molar-refractivity contribution < 1.29 is 4.74 Å². The standard InChI is InChI=1S/C10H20N2O/c1-4-10(2)12(7-5-6-11)8-9-13-3/h10H,4-5,7-9H2,1-3H3. The highest BCUT2D eigenvalue weighted by atomic mass is 16.5. The Bertz CT molecular complexity index is 153. The lowest BCUT2D eigenvalue weighted by atomic mass is 10.2. The van der Waals surface area contributed by atoms with Crippen LogP contribution >= 0.6 is 0 Å². The summed E-state index contributed by atoms with van der Waals surface area (Å²) >= 11 is 0. The summed E-state index contributed by atoms with van der Waals surface area (Å²) in [5.74, 6) is 0. The largest absolute Gasteiger partial charge is 0.383 e. The van der Waals surface area contributed by atoms with Gasteiger partial charge in [0.15, 0.2) is 0 Å². The Morgan fingerprint density at radius 2 is 2.15 bits per heavy atom. The predicted octanol–water partition coefficient (Wildman–Crippen LogP) is 1.65. The van der Waals surface area contributed by atoms with Crippen LogP contribution in [0.3, 0.4) is 0 Å². The maximum absolute atomic E-state index is 8.49. The highest BCUT2D eigenvalue weighted by Gasteiger charge is 2.10. The maximum atomic E-state index is 8.49. The van der Waals surface area contributed by atoms with Crippen LogP contribution in [-0.2, 0) is 4.74 Å². The molecule has 0 fully saturated rings. The zero-order valence-corrected chi connectivity index (χ0v) is 8.92. The summed E-state index contributed by atoms with van der Waals surface area (Å²) in [6, 6.07) is 2.72. The molecule has 1 unspecified atom stereocenters. The van der Waals surface area contributed by atoms with Crippen molar-refractivity contribution in [3.8, 4) is 6.07 Å². The monoisotopic (exact) mass is 184 g/mol. The molecular formula is C10H20N2O. The molecule has 0 heterocycles. The van der Waals surface area contributed by atoms with Crippen LogP contribution in [0.2, 0.25) is 0 Å². The number of ether oxygens (including phenoxy) is 1. The van der Waals surface area contributed by atoms with Crippen LogP contribution in [0.4, 0.5) is 0 Å². The molecule has 0 amide bonds. The molecule has 3 nitrogen and oxygen atoms in total. The second kappa shape index (κ2) is 8.03. The van der Waals surface area contributed by atoms with Gasteiger partial charge >= 0.3 is 0 Å². The van der Waals surface area contributed by atoms with E-state index in [9.17, 15) is 0 Å². The molecule has 0 N–H and O–H groups in total. The Morgan fingerprint density at radius 1 is 1.46 bits per heavy atom. The van der Waals surface area contributed by atoms with E-state index in [1.807, 2.05) is 0 Å². The van der Waals surface area contributed by atoms with Crippen molar-refractivity contribution in [2.45, 2.75) is 32.7 Å². The summed E-state index contributed by atoms with van der Waals surface area (Å²) in [5, 5.41) is 8.49. The number of hydrogen-bond donors (Lipinski definition) is 0. The van der Waals surface area contributed by atoms with E-state index in [1.54, 1.807) is 7.11 Å². The van der Waals surface area contributed by atoms with Crippen molar-refractivity contribution in [3.05, 3.63) is 0 Å². The topological polar surface area (TPSA) is 36.3 Å². The Kier molecular flexibility index (Phi) is 7.66. The third kappa shape index (κ3) is 5.62. The van der Waals surface area contributed by atoms with Crippen LogP contribution in [0.1, 0.15) is 26.7 Å². The van der Waals surface area contributed by atoms with Gasteiger partial charge in [0.1, 0.15) is 0 Å². The van der Waals surface area contributed by atoms with Gasteiger partial charge < -0.3 is 4.74 Å². The first-order valence-electron chi connectivity index (χ1n) is 4.86. The van der Waals surface area contributed by atoms with Crippen LogP contribution in [0.15, 0.2) is 0 Å². The molecule has 0 aliphatic heterocycles. The molecule has 0 aromatic rings.